The molecule has 4 rings (SSSR count). The third-order valence-electron chi connectivity index (χ3n) is 6.40. The van der Waals surface area contributed by atoms with Gasteiger partial charge in [0.2, 0.25) is 0 Å². The van der Waals surface area contributed by atoms with Crippen LogP contribution < -0.4 is 0 Å². The Labute approximate surface area is 179 Å². The van der Waals surface area contributed by atoms with Gasteiger partial charge in [0.25, 0.3) is 5.91 Å². The summed E-state index contributed by atoms with van der Waals surface area (Å²) in [4.78, 5) is 17.1. The molecule has 2 aromatic carbocycles. The lowest BCUT2D eigenvalue weighted by Crippen LogP contribution is -2.36. The normalized spacial score (nSPS) is 22.6. The molecule has 2 aliphatic heterocycles. The Hall–Kier alpha value is -2.41. The minimum absolute atomic E-state index is 0.0253. The Morgan fingerprint density at radius 1 is 0.968 bits per heavy atom. The van der Waals surface area contributed by atoms with Crippen molar-refractivity contribution in [1.29, 1.82) is 0 Å². The number of rotatable bonds is 4. The maximum absolute atomic E-state index is 13.4. The van der Waals surface area contributed by atoms with Gasteiger partial charge in [-0.3, -0.25) is 4.79 Å². The number of hydrogen-bond acceptors (Lipinski definition) is 2. The van der Waals surface area contributed by atoms with E-state index in [1.807, 2.05) is 0 Å². The number of nitrogens with zero attached hydrogens (tertiary/aromatic N) is 2. The van der Waals surface area contributed by atoms with Crippen molar-refractivity contribution < 1.29 is 22.4 Å². The molecule has 0 N–H and O–H groups in total. The summed E-state index contributed by atoms with van der Waals surface area (Å²) in [5.41, 5.74) is 0.187. The fourth-order valence-electron chi connectivity index (χ4n) is 4.79. The molecule has 2 heterocycles. The van der Waals surface area contributed by atoms with Crippen LogP contribution in [0.5, 0.6) is 0 Å². The van der Waals surface area contributed by atoms with E-state index in [9.17, 15) is 22.4 Å². The quantitative estimate of drug-likeness (QED) is 0.619. The van der Waals surface area contributed by atoms with Crippen molar-refractivity contribution in [2.75, 3.05) is 32.7 Å². The first-order chi connectivity index (χ1) is 14.8. The Morgan fingerprint density at radius 3 is 2.35 bits per heavy atom. The van der Waals surface area contributed by atoms with Crippen LogP contribution >= 0.6 is 0 Å². The average molecular weight is 434 g/mol. The van der Waals surface area contributed by atoms with E-state index in [1.165, 1.54) is 30.7 Å². The molecule has 0 radical (unpaired) electrons. The highest BCUT2D eigenvalue weighted by Crippen LogP contribution is 2.35. The molecule has 2 aliphatic rings. The van der Waals surface area contributed by atoms with E-state index < -0.39 is 11.7 Å². The second kappa shape index (κ2) is 8.99. The molecule has 0 saturated carbocycles. The fraction of sp³-hybridized carbons (Fsp3) is 0.458. The summed E-state index contributed by atoms with van der Waals surface area (Å²) in [6, 6.07) is 10.9. The first-order valence-electron chi connectivity index (χ1n) is 10.8. The van der Waals surface area contributed by atoms with E-state index in [0.29, 0.717) is 13.1 Å². The molecule has 0 bridgehead atoms. The van der Waals surface area contributed by atoms with Crippen LogP contribution in [0.25, 0.3) is 0 Å². The summed E-state index contributed by atoms with van der Waals surface area (Å²) in [6.45, 7) is 3.77. The van der Waals surface area contributed by atoms with Gasteiger partial charge in [-0.1, -0.05) is 24.6 Å². The molecule has 7 heteroatoms. The van der Waals surface area contributed by atoms with Crippen molar-refractivity contribution in [2.24, 2.45) is 5.92 Å². The monoisotopic (exact) mass is 434 g/mol. The Kier molecular flexibility index (Phi) is 6.32. The highest BCUT2D eigenvalue weighted by Gasteiger charge is 2.38. The van der Waals surface area contributed by atoms with Crippen LogP contribution in [-0.4, -0.2) is 48.4 Å². The van der Waals surface area contributed by atoms with Gasteiger partial charge in [0.1, 0.15) is 5.82 Å². The van der Waals surface area contributed by atoms with Gasteiger partial charge < -0.3 is 9.80 Å². The van der Waals surface area contributed by atoms with Gasteiger partial charge in [0, 0.05) is 31.1 Å². The standard InChI is InChI=1S/C24H26F4N2O/c25-21-9-7-17(8-10-21)22-16-30(15-19(22)14-29-11-2-1-3-12-29)23(31)18-5-4-6-20(13-18)24(26,27)28/h4-10,13,19,22H,1-3,11-12,14-16H2. The second-order valence-corrected chi connectivity index (χ2v) is 8.57. The molecule has 2 unspecified atom stereocenters. The molecule has 166 valence electrons. The maximum Gasteiger partial charge on any atom is 0.416 e. The number of piperidine rings is 1. The predicted octanol–water partition coefficient (Wildman–Crippen LogP) is 5.19. The van der Waals surface area contributed by atoms with Crippen molar-refractivity contribution in [3.63, 3.8) is 0 Å². The summed E-state index contributed by atoms with van der Waals surface area (Å²) in [5, 5.41) is 0. The SMILES string of the molecule is O=C(c1cccc(C(F)(F)F)c1)N1CC(CN2CCCCC2)C(c2ccc(F)cc2)C1. The van der Waals surface area contributed by atoms with Gasteiger partial charge >= 0.3 is 6.18 Å². The lowest BCUT2D eigenvalue weighted by Gasteiger charge is -2.31. The maximum atomic E-state index is 13.4. The van der Waals surface area contributed by atoms with Gasteiger partial charge in [0.05, 0.1) is 5.56 Å². The van der Waals surface area contributed by atoms with E-state index in [1.54, 1.807) is 17.0 Å². The zero-order chi connectivity index (χ0) is 22.0. The number of carbonyl (C=O) groups excluding carboxylic acids is 1. The summed E-state index contributed by atoms with van der Waals surface area (Å²) >= 11 is 0. The molecule has 1 amide bonds. The molecule has 0 spiro atoms. The molecule has 31 heavy (non-hydrogen) atoms. The average Bonchev–Trinajstić information content (AvgIpc) is 3.17. The largest absolute Gasteiger partial charge is 0.416 e. The van der Waals surface area contributed by atoms with Crippen LogP contribution in [0.3, 0.4) is 0 Å². The van der Waals surface area contributed by atoms with Gasteiger partial charge in [-0.25, -0.2) is 4.39 Å². The summed E-state index contributed by atoms with van der Waals surface area (Å²) in [7, 11) is 0. The number of amides is 1. The van der Waals surface area contributed by atoms with Crippen molar-refractivity contribution in [1.82, 2.24) is 9.80 Å². The molecule has 0 aliphatic carbocycles. The number of carbonyl (C=O) groups is 1. The summed E-state index contributed by atoms with van der Waals surface area (Å²) in [6.07, 6.45) is -0.959. The fourth-order valence-corrected chi connectivity index (χ4v) is 4.79. The number of alkyl halides is 3. The molecule has 3 nitrogen and oxygen atoms in total. The molecule has 0 aromatic heterocycles. The first-order valence-corrected chi connectivity index (χ1v) is 10.8. The van der Waals surface area contributed by atoms with Crippen molar-refractivity contribution >= 4 is 5.91 Å². The molecule has 2 fully saturated rings. The van der Waals surface area contributed by atoms with Gasteiger partial charge in [0.15, 0.2) is 0 Å². The van der Waals surface area contributed by atoms with Crippen LogP contribution in [-0.2, 0) is 6.18 Å². The molecule has 2 aromatic rings. The second-order valence-electron chi connectivity index (χ2n) is 8.57. The van der Waals surface area contributed by atoms with Crippen molar-refractivity contribution in [2.45, 2.75) is 31.4 Å². The molecular formula is C24H26F4N2O. The van der Waals surface area contributed by atoms with Crippen LogP contribution in [0.15, 0.2) is 48.5 Å². The highest BCUT2D eigenvalue weighted by atomic mass is 19.4. The Bertz CT molecular complexity index is 907. The van der Waals surface area contributed by atoms with Gasteiger partial charge in [-0.15, -0.1) is 0 Å². The Morgan fingerprint density at radius 2 is 1.68 bits per heavy atom. The molecular weight excluding hydrogens is 408 g/mol. The number of hydrogen-bond donors (Lipinski definition) is 0. The van der Waals surface area contributed by atoms with E-state index >= 15 is 0 Å². The first kappa shape index (κ1) is 21.8. The van der Waals surface area contributed by atoms with E-state index in [2.05, 4.69) is 4.90 Å². The van der Waals surface area contributed by atoms with E-state index in [-0.39, 0.29) is 29.1 Å². The van der Waals surface area contributed by atoms with Crippen LogP contribution in [0, 0.1) is 11.7 Å². The zero-order valence-corrected chi connectivity index (χ0v) is 17.2. The van der Waals surface area contributed by atoms with Crippen LogP contribution in [0.1, 0.15) is 46.7 Å². The predicted molar refractivity (Wildman–Crippen MR) is 110 cm³/mol. The van der Waals surface area contributed by atoms with Crippen molar-refractivity contribution in [3.05, 3.63) is 71.0 Å². The van der Waals surface area contributed by atoms with E-state index in [0.717, 1.165) is 50.2 Å². The van der Waals surface area contributed by atoms with Gasteiger partial charge in [-0.05, 0) is 67.7 Å². The smallest absolute Gasteiger partial charge is 0.338 e. The topological polar surface area (TPSA) is 23.6 Å². The summed E-state index contributed by atoms with van der Waals surface area (Å²) in [5.74, 6) is -0.527. The summed E-state index contributed by atoms with van der Waals surface area (Å²) < 4.78 is 52.7. The minimum Gasteiger partial charge on any atom is -0.338 e. The lowest BCUT2D eigenvalue weighted by atomic mass is 9.88. The molecule has 2 saturated heterocycles. The van der Waals surface area contributed by atoms with Crippen molar-refractivity contribution in [3.8, 4) is 0 Å². The zero-order valence-electron chi connectivity index (χ0n) is 17.2. The third kappa shape index (κ3) is 5.09. The number of likely N-dealkylation sites (tertiary alicyclic amines) is 2. The third-order valence-corrected chi connectivity index (χ3v) is 6.40. The number of halogens is 4. The molecule has 2 atom stereocenters. The highest BCUT2D eigenvalue weighted by molar-refractivity contribution is 5.94. The Balaban J connectivity index is 1.56. The van der Waals surface area contributed by atoms with Crippen LogP contribution in [0.2, 0.25) is 0 Å². The van der Waals surface area contributed by atoms with Gasteiger partial charge in [-0.2, -0.15) is 13.2 Å². The minimum atomic E-state index is -4.49. The van der Waals surface area contributed by atoms with E-state index in [4.69, 9.17) is 0 Å². The lowest BCUT2D eigenvalue weighted by molar-refractivity contribution is -0.137. The number of benzene rings is 2. The van der Waals surface area contributed by atoms with Crippen LogP contribution in [0.4, 0.5) is 17.6 Å².